The summed E-state index contributed by atoms with van der Waals surface area (Å²) >= 11 is 5.60. The predicted molar refractivity (Wildman–Crippen MR) is 90.1 cm³/mol. The van der Waals surface area contributed by atoms with Crippen molar-refractivity contribution in [3.8, 4) is 0 Å². The summed E-state index contributed by atoms with van der Waals surface area (Å²) in [6.07, 6.45) is 0. The Hall–Kier alpha value is -1.76. The molecule has 0 N–H and O–H groups in total. The SMILES string of the molecule is Fc1cc(P(c2ccccc2)c2ccccc2)cc(F)c1Cl. The Morgan fingerprint density at radius 3 is 1.45 bits per heavy atom. The molecular weight excluding hydrogens is 321 g/mol. The second-order valence-corrected chi connectivity index (χ2v) is 7.33. The van der Waals surface area contributed by atoms with Gasteiger partial charge in [0.2, 0.25) is 0 Å². The van der Waals surface area contributed by atoms with Gasteiger partial charge in [-0.2, -0.15) is 0 Å². The maximum atomic E-state index is 13.9. The molecule has 0 saturated heterocycles. The van der Waals surface area contributed by atoms with Crippen molar-refractivity contribution < 1.29 is 8.78 Å². The highest BCUT2D eigenvalue weighted by molar-refractivity contribution is 7.79. The van der Waals surface area contributed by atoms with Crippen LogP contribution in [0.1, 0.15) is 0 Å². The Balaban J connectivity index is 2.19. The minimum Gasteiger partial charge on any atom is -0.205 e. The van der Waals surface area contributed by atoms with Crippen molar-refractivity contribution in [2.75, 3.05) is 0 Å². The van der Waals surface area contributed by atoms with E-state index >= 15 is 0 Å². The Morgan fingerprint density at radius 1 is 0.636 bits per heavy atom. The Morgan fingerprint density at radius 2 is 1.05 bits per heavy atom. The molecule has 0 atom stereocenters. The second-order valence-electron chi connectivity index (χ2n) is 4.73. The number of hydrogen-bond acceptors (Lipinski definition) is 0. The van der Waals surface area contributed by atoms with Crippen LogP contribution in [-0.2, 0) is 0 Å². The van der Waals surface area contributed by atoms with Gasteiger partial charge in [-0.1, -0.05) is 72.3 Å². The van der Waals surface area contributed by atoms with Crippen LogP contribution >= 0.6 is 19.5 Å². The van der Waals surface area contributed by atoms with Gasteiger partial charge in [-0.25, -0.2) is 8.78 Å². The lowest BCUT2D eigenvalue weighted by Gasteiger charge is -2.19. The number of hydrogen-bond donors (Lipinski definition) is 0. The first-order chi connectivity index (χ1) is 10.7. The topological polar surface area (TPSA) is 0 Å². The molecule has 3 aromatic rings. The summed E-state index contributed by atoms with van der Waals surface area (Å²) in [4.78, 5) is 0. The Labute approximate surface area is 134 Å². The quantitative estimate of drug-likeness (QED) is 0.493. The molecule has 0 heterocycles. The summed E-state index contributed by atoms with van der Waals surface area (Å²) in [7, 11) is -1.03. The summed E-state index contributed by atoms with van der Waals surface area (Å²) < 4.78 is 27.7. The van der Waals surface area contributed by atoms with E-state index in [1.165, 1.54) is 12.1 Å². The molecule has 0 aliphatic heterocycles. The molecule has 3 aromatic carbocycles. The van der Waals surface area contributed by atoms with Crippen molar-refractivity contribution in [3.63, 3.8) is 0 Å². The summed E-state index contributed by atoms with van der Waals surface area (Å²) in [5.41, 5.74) is 0. The van der Waals surface area contributed by atoms with Gasteiger partial charge >= 0.3 is 0 Å². The molecule has 3 rings (SSSR count). The molecule has 0 saturated carbocycles. The zero-order valence-electron chi connectivity index (χ0n) is 11.5. The zero-order valence-corrected chi connectivity index (χ0v) is 13.2. The van der Waals surface area contributed by atoms with Crippen molar-refractivity contribution in [1.82, 2.24) is 0 Å². The van der Waals surface area contributed by atoms with Crippen LogP contribution in [0.2, 0.25) is 5.02 Å². The lowest BCUT2D eigenvalue weighted by molar-refractivity contribution is 0.586. The first-order valence-corrected chi connectivity index (χ1v) is 8.43. The molecular formula is C18H12ClF2P. The summed E-state index contributed by atoms with van der Waals surface area (Å²) in [5, 5.41) is 2.21. The van der Waals surface area contributed by atoms with E-state index in [0.29, 0.717) is 5.30 Å². The van der Waals surface area contributed by atoms with Gasteiger partial charge in [0.1, 0.15) is 16.7 Å². The van der Waals surface area contributed by atoms with E-state index in [1.807, 2.05) is 60.7 Å². The molecule has 0 bridgehead atoms. The van der Waals surface area contributed by atoms with Gasteiger partial charge in [0, 0.05) is 0 Å². The number of rotatable bonds is 3. The highest BCUT2D eigenvalue weighted by Crippen LogP contribution is 2.34. The molecule has 4 heteroatoms. The molecule has 0 unspecified atom stereocenters. The average Bonchev–Trinajstić information content (AvgIpc) is 2.55. The van der Waals surface area contributed by atoms with E-state index in [0.717, 1.165) is 10.6 Å². The molecule has 0 aliphatic rings. The molecule has 0 aliphatic carbocycles. The highest BCUT2D eigenvalue weighted by atomic mass is 35.5. The maximum absolute atomic E-state index is 13.9. The van der Waals surface area contributed by atoms with Crippen LogP contribution in [0, 0.1) is 11.6 Å². The van der Waals surface area contributed by atoms with Crippen LogP contribution in [0.4, 0.5) is 8.78 Å². The molecule has 0 aromatic heterocycles. The van der Waals surface area contributed by atoms with Crippen molar-refractivity contribution in [1.29, 1.82) is 0 Å². The van der Waals surface area contributed by atoms with Crippen LogP contribution in [0.15, 0.2) is 72.8 Å². The summed E-state index contributed by atoms with van der Waals surface area (Å²) in [6, 6.07) is 22.1. The van der Waals surface area contributed by atoms with Gasteiger partial charge in [0.05, 0.1) is 0 Å². The van der Waals surface area contributed by atoms with E-state index < -0.39 is 24.6 Å². The number of benzene rings is 3. The van der Waals surface area contributed by atoms with Gasteiger partial charge in [-0.3, -0.25) is 0 Å². The fraction of sp³-hybridized carbons (Fsp3) is 0. The van der Waals surface area contributed by atoms with Crippen molar-refractivity contribution >= 4 is 35.4 Å². The van der Waals surface area contributed by atoms with Gasteiger partial charge in [-0.05, 0) is 36.0 Å². The van der Waals surface area contributed by atoms with Gasteiger partial charge in [0.25, 0.3) is 0 Å². The Kier molecular flexibility index (Phi) is 4.52. The summed E-state index contributed by atoms with van der Waals surface area (Å²) in [6.45, 7) is 0. The monoisotopic (exact) mass is 332 g/mol. The fourth-order valence-corrected chi connectivity index (χ4v) is 4.70. The molecule has 0 radical (unpaired) electrons. The zero-order chi connectivity index (χ0) is 15.5. The number of halogens is 3. The van der Waals surface area contributed by atoms with E-state index in [-0.39, 0.29) is 0 Å². The molecule has 0 spiro atoms. The standard InChI is InChI=1S/C18H12ClF2P/c19-18-16(20)11-15(12-17(18)21)22(13-7-3-1-4-8-13)14-9-5-2-6-10-14/h1-12H. The maximum Gasteiger partial charge on any atom is 0.145 e. The molecule has 0 amide bonds. The first kappa shape index (κ1) is 15.1. The minimum atomic E-state index is -1.03. The van der Waals surface area contributed by atoms with E-state index in [4.69, 9.17) is 11.6 Å². The normalized spacial score (nSPS) is 10.9. The van der Waals surface area contributed by atoms with Crippen LogP contribution in [0.3, 0.4) is 0 Å². The lowest BCUT2D eigenvalue weighted by Crippen LogP contribution is -2.21. The van der Waals surface area contributed by atoms with Gasteiger partial charge < -0.3 is 0 Å². The predicted octanol–water partition coefficient (Wildman–Crippen LogP) is 4.38. The molecule has 0 nitrogen and oxygen atoms in total. The van der Waals surface area contributed by atoms with Crippen molar-refractivity contribution in [3.05, 3.63) is 89.5 Å². The average molecular weight is 333 g/mol. The largest absolute Gasteiger partial charge is 0.205 e. The van der Waals surface area contributed by atoms with Crippen LogP contribution in [-0.4, -0.2) is 0 Å². The smallest absolute Gasteiger partial charge is 0.145 e. The third-order valence-electron chi connectivity index (χ3n) is 3.26. The van der Waals surface area contributed by atoms with Crippen LogP contribution < -0.4 is 15.9 Å². The molecule has 22 heavy (non-hydrogen) atoms. The third kappa shape index (κ3) is 3.04. The third-order valence-corrected chi connectivity index (χ3v) is 6.02. The van der Waals surface area contributed by atoms with Crippen molar-refractivity contribution in [2.45, 2.75) is 0 Å². The van der Waals surface area contributed by atoms with Crippen LogP contribution in [0.5, 0.6) is 0 Å². The van der Waals surface area contributed by atoms with Gasteiger partial charge in [-0.15, -0.1) is 0 Å². The van der Waals surface area contributed by atoms with E-state index in [2.05, 4.69) is 0 Å². The van der Waals surface area contributed by atoms with Gasteiger partial charge in [0.15, 0.2) is 0 Å². The van der Waals surface area contributed by atoms with Crippen LogP contribution in [0.25, 0.3) is 0 Å². The second kappa shape index (κ2) is 6.56. The van der Waals surface area contributed by atoms with Crippen molar-refractivity contribution in [2.24, 2.45) is 0 Å². The highest BCUT2D eigenvalue weighted by Gasteiger charge is 2.19. The Bertz CT molecular complexity index is 713. The molecule has 0 fully saturated rings. The summed E-state index contributed by atoms with van der Waals surface area (Å²) in [5.74, 6) is -1.45. The van der Waals surface area contributed by atoms with E-state index in [1.54, 1.807) is 0 Å². The minimum absolute atomic E-state index is 0.458. The first-order valence-electron chi connectivity index (χ1n) is 6.71. The fourth-order valence-electron chi connectivity index (χ4n) is 2.27. The molecule has 110 valence electrons. The van der Waals surface area contributed by atoms with E-state index in [9.17, 15) is 8.78 Å². The lowest BCUT2D eigenvalue weighted by atomic mass is 10.3.